The first-order chi connectivity index (χ1) is 9.72. The predicted molar refractivity (Wildman–Crippen MR) is 85.6 cm³/mol. The van der Waals surface area contributed by atoms with Gasteiger partial charge in [-0.1, -0.05) is 55.5 Å². The number of benzene rings is 1. The summed E-state index contributed by atoms with van der Waals surface area (Å²) in [6.07, 6.45) is 11.2. The third kappa shape index (κ3) is 3.25. The molecule has 2 saturated carbocycles. The summed E-state index contributed by atoms with van der Waals surface area (Å²) in [6.45, 7) is 2.17. The maximum atomic E-state index is 6.55. The summed E-state index contributed by atoms with van der Waals surface area (Å²) >= 11 is 0. The zero-order valence-electron chi connectivity index (χ0n) is 12.9. The molecule has 3 rings (SSSR count). The van der Waals surface area contributed by atoms with Gasteiger partial charge in [0.05, 0.1) is 0 Å². The summed E-state index contributed by atoms with van der Waals surface area (Å²) in [6, 6.07) is 9.22. The lowest BCUT2D eigenvalue weighted by molar-refractivity contribution is 0.117. The molecule has 1 aromatic rings. The average Bonchev–Trinajstić information content (AvgIpc) is 2.47. The summed E-state index contributed by atoms with van der Waals surface area (Å²) in [5, 5.41) is 0. The fourth-order valence-electron chi connectivity index (χ4n) is 4.58. The van der Waals surface area contributed by atoms with Gasteiger partial charge in [-0.3, -0.25) is 0 Å². The molecule has 1 nitrogen and oxygen atoms in total. The highest BCUT2D eigenvalue weighted by Crippen LogP contribution is 2.43. The van der Waals surface area contributed by atoms with E-state index in [9.17, 15) is 0 Å². The lowest BCUT2D eigenvalue weighted by Gasteiger charge is -2.41. The van der Waals surface area contributed by atoms with Crippen molar-refractivity contribution in [3.05, 3.63) is 35.4 Å². The van der Waals surface area contributed by atoms with Crippen LogP contribution in [0.1, 0.15) is 56.1 Å². The highest BCUT2D eigenvalue weighted by molar-refractivity contribution is 5.23. The summed E-state index contributed by atoms with van der Waals surface area (Å²) < 4.78 is 0. The van der Waals surface area contributed by atoms with Gasteiger partial charge in [-0.2, -0.15) is 0 Å². The van der Waals surface area contributed by atoms with E-state index < -0.39 is 0 Å². The van der Waals surface area contributed by atoms with E-state index in [1.54, 1.807) is 0 Å². The molecule has 0 saturated heterocycles. The highest BCUT2D eigenvalue weighted by atomic mass is 14.7. The van der Waals surface area contributed by atoms with Crippen molar-refractivity contribution in [3.63, 3.8) is 0 Å². The van der Waals surface area contributed by atoms with Crippen molar-refractivity contribution >= 4 is 0 Å². The monoisotopic (exact) mass is 271 g/mol. The quantitative estimate of drug-likeness (QED) is 0.862. The lowest BCUT2D eigenvalue weighted by Crippen LogP contribution is -2.38. The van der Waals surface area contributed by atoms with Crippen molar-refractivity contribution in [2.45, 2.75) is 64.3 Å². The van der Waals surface area contributed by atoms with Gasteiger partial charge in [0.15, 0.2) is 0 Å². The van der Waals surface area contributed by atoms with Crippen LogP contribution in [0.3, 0.4) is 0 Å². The van der Waals surface area contributed by atoms with Gasteiger partial charge >= 0.3 is 0 Å². The smallest absolute Gasteiger partial charge is 0.0108 e. The molecular formula is C19H29N. The van der Waals surface area contributed by atoms with Crippen molar-refractivity contribution in [2.75, 3.05) is 0 Å². The fraction of sp³-hybridized carbons (Fsp3) is 0.684. The van der Waals surface area contributed by atoms with E-state index in [0.717, 1.165) is 24.2 Å². The van der Waals surface area contributed by atoms with Crippen LogP contribution >= 0.6 is 0 Å². The number of nitrogens with two attached hydrogens (primary N) is 1. The van der Waals surface area contributed by atoms with Crippen LogP contribution in [-0.4, -0.2) is 6.04 Å². The third-order valence-corrected chi connectivity index (χ3v) is 5.74. The Morgan fingerprint density at radius 1 is 1.10 bits per heavy atom. The Hall–Kier alpha value is -0.820. The van der Waals surface area contributed by atoms with E-state index >= 15 is 0 Å². The Kier molecular flexibility index (Phi) is 4.45. The second kappa shape index (κ2) is 6.30. The number of hydrogen-bond acceptors (Lipinski definition) is 1. The van der Waals surface area contributed by atoms with E-state index in [4.69, 9.17) is 5.73 Å². The Bertz CT molecular complexity index is 439. The largest absolute Gasteiger partial charge is 0.327 e. The molecule has 2 fully saturated rings. The molecule has 1 aromatic carbocycles. The summed E-state index contributed by atoms with van der Waals surface area (Å²) in [7, 11) is 0. The molecule has 0 amide bonds. The molecule has 4 atom stereocenters. The van der Waals surface area contributed by atoms with Crippen LogP contribution in [0.2, 0.25) is 0 Å². The zero-order valence-corrected chi connectivity index (χ0v) is 12.9. The standard InChI is InChI=1S/C19H29N/c1-14-5-4-6-15(11-14)12-19(20)18-10-9-16-7-2-3-8-17(16)13-18/h4-6,11,16-19H,2-3,7-10,12-13,20H2,1H3. The molecule has 2 N–H and O–H groups in total. The van der Waals surface area contributed by atoms with Gasteiger partial charge in [-0.15, -0.1) is 0 Å². The van der Waals surface area contributed by atoms with Crippen molar-refractivity contribution in [1.82, 2.24) is 0 Å². The van der Waals surface area contributed by atoms with Gasteiger partial charge in [0, 0.05) is 6.04 Å². The first-order valence-electron chi connectivity index (χ1n) is 8.53. The fourth-order valence-corrected chi connectivity index (χ4v) is 4.58. The minimum atomic E-state index is 0.361. The lowest BCUT2D eigenvalue weighted by atomic mass is 9.66. The summed E-state index contributed by atoms with van der Waals surface area (Å²) in [5.41, 5.74) is 9.32. The molecule has 2 aliphatic rings. The van der Waals surface area contributed by atoms with Gasteiger partial charge in [0.1, 0.15) is 0 Å². The van der Waals surface area contributed by atoms with Crippen LogP contribution in [0, 0.1) is 24.7 Å². The van der Waals surface area contributed by atoms with Crippen LogP contribution in [0.25, 0.3) is 0 Å². The second-order valence-corrected chi connectivity index (χ2v) is 7.23. The minimum Gasteiger partial charge on any atom is -0.327 e. The Balaban J connectivity index is 1.58. The molecule has 0 heterocycles. The molecule has 0 spiro atoms. The summed E-state index contributed by atoms with van der Waals surface area (Å²) in [4.78, 5) is 0. The van der Waals surface area contributed by atoms with Crippen LogP contribution in [0.4, 0.5) is 0 Å². The first-order valence-corrected chi connectivity index (χ1v) is 8.53. The van der Waals surface area contributed by atoms with E-state index in [1.807, 2.05) is 0 Å². The maximum absolute atomic E-state index is 6.55. The highest BCUT2D eigenvalue weighted by Gasteiger charge is 2.34. The van der Waals surface area contributed by atoms with Crippen LogP contribution in [0.15, 0.2) is 24.3 Å². The average molecular weight is 271 g/mol. The Morgan fingerprint density at radius 2 is 1.90 bits per heavy atom. The second-order valence-electron chi connectivity index (χ2n) is 7.23. The molecular weight excluding hydrogens is 242 g/mol. The van der Waals surface area contributed by atoms with Gasteiger partial charge in [-0.25, -0.2) is 0 Å². The molecule has 0 aromatic heterocycles. The van der Waals surface area contributed by atoms with Crippen molar-refractivity contribution in [1.29, 1.82) is 0 Å². The van der Waals surface area contributed by atoms with E-state index in [0.29, 0.717) is 6.04 Å². The van der Waals surface area contributed by atoms with Gasteiger partial charge in [0.25, 0.3) is 0 Å². The molecule has 0 radical (unpaired) electrons. The number of hydrogen-bond donors (Lipinski definition) is 1. The number of fused-ring (bicyclic) bond motifs is 1. The van der Waals surface area contributed by atoms with E-state index in [2.05, 4.69) is 31.2 Å². The van der Waals surface area contributed by atoms with E-state index in [1.165, 1.54) is 56.1 Å². The SMILES string of the molecule is Cc1cccc(CC(N)C2CCC3CCCCC3C2)c1. The topological polar surface area (TPSA) is 26.0 Å². The predicted octanol–water partition coefficient (Wildman–Crippen LogP) is 4.47. The van der Waals surface area contributed by atoms with Crippen LogP contribution < -0.4 is 5.73 Å². The van der Waals surface area contributed by atoms with Crippen molar-refractivity contribution in [2.24, 2.45) is 23.5 Å². The molecule has 110 valence electrons. The molecule has 20 heavy (non-hydrogen) atoms. The van der Waals surface area contributed by atoms with Crippen molar-refractivity contribution < 1.29 is 0 Å². The first kappa shape index (κ1) is 14.1. The van der Waals surface area contributed by atoms with Crippen molar-refractivity contribution in [3.8, 4) is 0 Å². The van der Waals surface area contributed by atoms with Crippen LogP contribution in [-0.2, 0) is 6.42 Å². The molecule has 0 aliphatic heterocycles. The number of rotatable bonds is 3. The van der Waals surface area contributed by atoms with E-state index in [-0.39, 0.29) is 0 Å². The van der Waals surface area contributed by atoms with Gasteiger partial charge < -0.3 is 5.73 Å². The van der Waals surface area contributed by atoms with Crippen LogP contribution in [0.5, 0.6) is 0 Å². The summed E-state index contributed by atoms with van der Waals surface area (Å²) in [5.74, 6) is 2.78. The Morgan fingerprint density at radius 3 is 2.70 bits per heavy atom. The molecule has 2 aliphatic carbocycles. The number of aryl methyl sites for hydroxylation is 1. The van der Waals surface area contributed by atoms with Gasteiger partial charge in [-0.05, 0) is 55.9 Å². The maximum Gasteiger partial charge on any atom is 0.0108 e. The zero-order chi connectivity index (χ0) is 13.9. The van der Waals surface area contributed by atoms with Gasteiger partial charge in [0.2, 0.25) is 0 Å². The molecule has 1 heteroatoms. The normalized spacial score (nSPS) is 31.6. The Labute approximate surface area is 124 Å². The molecule has 4 unspecified atom stereocenters. The molecule has 0 bridgehead atoms. The minimum absolute atomic E-state index is 0.361. The third-order valence-electron chi connectivity index (χ3n) is 5.74.